The third-order valence-corrected chi connectivity index (χ3v) is 4.24. The smallest absolute Gasteiger partial charge is 0.267 e. The summed E-state index contributed by atoms with van der Waals surface area (Å²) in [5, 5.41) is 9.18. The van der Waals surface area contributed by atoms with E-state index in [4.69, 9.17) is 11.6 Å². The van der Waals surface area contributed by atoms with Crippen LogP contribution in [0.25, 0.3) is 16.7 Å². The van der Waals surface area contributed by atoms with E-state index in [1.807, 2.05) is 6.07 Å². The minimum Gasteiger partial charge on any atom is -0.267 e. The van der Waals surface area contributed by atoms with E-state index in [9.17, 15) is 9.59 Å². The van der Waals surface area contributed by atoms with Gasteiger partial charge in [0, 0.05) is 10.6 Å². The lowest BCUT2D eigenvalue weighted by Crippen LogP contribution is -2.30. The van der Waals surface area contributed by atoms with Crippen LogP contribution >= 0.6 is 11.6 Å². The summed E-state index contributed by atoms with van der Waals surface area (Å²) in [6.07, 6.45) is 1.45. The van der Waals surface area contributed by atoms with E-state index in [1.54, 1.807) is 42.5 Å². The Kier molecular flexibility index (Phi) is 3.85. The molecule has 0 bridgehead atoms. The van der Waals surface area contributed by atoms with Gasteiger partial charge >= 0.3 is 0 Å². The Bertz CT molecular complexity index is 1310. The van der Waals surface area contributed by atoms with Gasteiger partial charge in [-0.1, -0.05) is 41.9 Å². The van der Waals surface area contributed by atoms with E-state index in [2.05, 4.69) is 15.2 Å². The summed E-state index contributed by atoms with van der Waals surface area (Å²) in [5.41, 5.74) is 0.403. The van der Waals surface area contributed by atoms with Gasteiger partial charge in [0.25, 0.3) is 16.9 Å². The van der Waals surface area contributed by atoms with Gasteiger partial charge in [0.15, 0.2) is 0 Å². The molecular weight excluding hydrogens is 354 g/mol. The SMILES string of the molecule is Cc1nn2c(=O)c3ccccc3nc2n(/N=C/c2ccccc2Cl)c1=O. The van der Waals surface area contributed by atoms with Crippen molar-refractivity contribution in [2.75, 3.05) is 0 Å². The van der Waals surface area contributed by atoms with Crippen molar-refractivity contribution in [1.82, 2.24) is 19.3 Å². The van der Waals surface area contributed by atoms with Crippen LogP contribution in [-0.2, 0) is 0 Å². The maximum Gasteiger partial charge on any atom is 0.297 e. The molecule has 0 N–H and O–H groups in total. The van der Waals surface area contributed by atoms with Gasteiger partial charge in [0.05, 0.1) is 17.1 Å². The molecule has 7 nitrogen and oxygen atoms in total. The molecule has 2 aromatic heterocycles. The molecule has 8 heteroatoms. The number of rotatable bonds is 2. The molecule has 2 aromatic carbocycles. The minimum atomic E-state index is -0.463. The van der Waals surface area contributed by atoms with Crippen LogP contribution in [0.4, 0.5) is 0 Å². The number of aromatic nitrogens is 4. The Balaban J connectivity index is 2.05. The molecule has 0 fully saturated rings. The lowest BCUT2D eigenvalue weighted by atomic mass is 10.2. The number of benzene rings is 2. The highest BCUT2D eigenvalue weighted by atomic mass is 35.5. The van der Waals surface area contributed by atoms with Crippen molar-refractivity contribution in [3.63, 3.8) is 0 Å². The van der Waals surface area contributed by atoms with Crippen LogP contribution in [0, 0.1) is 6.92 Å². The number of aryl methyl sites for hydroxylation is 1. The Hall–Kier alpha value is -3.32. The Morgan fingerprint density at radius 2 is 1.77 bits per heavy atom. The predicted molar refractivity (Wildman–Crippen MR) is 100 cm³/mol. The highest BCUT2D eigenvalue weighted by Gasteiger charge is 2.13. The third kappa shape index (κ3) is 2.58. The van der Waals surface area contributed by atoms with Gasteiger partial charge in [-0.25, -0.2) is 4.98 Å². The number of hydrogen-bond acceptors (Lipinski definition) is 5. The second-order valence-electron chi connectivity index (χ2n) is 5.61. The normalized spacial score (nSPS) is 11.6. The third-order valence-electron chi connectivity index (χ3n) is 3.90. The van der Waals surface area contributed by atoms with Gasteiger partial charge < -0.3 is 0 Å². The Labute approximate surface area is 151 Å². The lowest BCUT2D eigenvalue weighted by molar-refractivity contribution is 0.717. The molecule has 0 spiro atoms. The molecule has 0 atom stereocenters. The van der Waals surface area contributed by atoms with Gasteiger partial charge in [-0.2, -0.15) is 19.4 Å². The molecule has 4 aromatic rings. The summed E-state index contributed by atoms with van der Waals surface area (Å²) in [6, 6.07) is 14.0. The summed E-state index contributed by atoms with van der Waals surface area (Å²) in [4.78, 5) is 29.6. The molecule has 0 radical (unpaired) electrons. The first kappa shape index (κ1) is 16.2. The summed E-state index contributed by atoms with van der Waals surface area (Å²) in [7, 11) is 0. The highest BCUT2D eigenvalue weighted by molar-refractivity contribution is 6.33. The van der Waals surface area contributed by atoms with Crippen LogP contribution in [-0.4, -0.2) is 25.5 Å². The van der Waals surface area contributed by atoms with E-state index in [1.165, 1.54) is 13.1 Å². The topological polar surface area (TPSA) is 81.6 Å². The average molecular weight is 366 g/mol. The monoisotopic (exact) mass is 365 g/mol. The summed E-state index contributed by atoms with van der Waals surface area (Å²) in [5.74, 6) is 0.0348. The number of halogens is 1. The molecule has 0 aliphatic carbocycles. The van der Waals surface area contributed by atoms with Gasteiger partial charge in [-0.15, -0.1) is 0 Å². The molecule has 2 heterocycles. The van der Waals surface area contributed by atoms with Crippen LogP contribution in [0.2, 0.25) is 5.02 Å². The fraction of sp³-hybridized carbons (Fsp3) is 0.0556. The zero-order chi connectivity index (χ0) is 18.3. The Morgan fingerprint density at radius 3 is 2.58 bits per heavy atom. The van der Waals surface area contributed by atoms with Crippen molar-refractivity contribution < 1.29 is 0 Å². The molecule has 0 aliphatic rings. The van der Waals surface area contributed by atoms with Gasteiger partial charge in [0.2, 0.25) is 0 Å². The second kappa shape index (κ2) is 6.20. The predicted octanol–water partition coefficient (Wildman–Crippen LogP) is 2.25. The number of nitrogens with zero attached hydrogens (tertiary/aromatic N) is 5. The zero-order valence-corrected chi connectivity index (χ0v) is 14.4. The molecule has 0 unspecified atom stereocenters. The highest BCUT2D eigenvalue weighted by Crippen LogP contribution is 2.13. The number of hydrogen-bond donors (Lipinski definition) is 0. The largest absolute Gasteiger partial charge is 0.297 e. The van der Waals surface area contributed by atoms with E-state index in [0.717, 1.165) is 9.19 Å². The lowest BCUT2D eigenvalue weighted by Gasteiger charge is -2.07. The van der Waals surface area contributed by atoms with Crippen molar-refractivity contribution in [2.24, 2.45) is 5.10 Å². The number of fused-ring (bicyclic) bond motifs is 2. The summed E-state index contributed by atoms with van der Waals surface area (Å²) < 4.78 is 2.14. The van der Waals surface area contributed by atoms with E-state index < -0.39 is 5.56 Å². The van der Waals surface area contributed by atoms with E-state index in [0.29, 0.717) is 21.5 Å². The second-order valence-corrected chi connectivity index (χ2v) is 6.02. The molecule has 0 saturated carbocycles. The summed E-state index contributed by atoms with van der Waals surface area (Å²) in [6.45, 7) is 1.52. The first-order valence-corrected chi connectivity index (χ1v) is 8.14. The van der Waals surface area contributed by atoms with Gasteiger partial charge in [0.1, 0.15) is 5.69 Å². The molecule has 0 saturated heterocycles. The van der Waals surface area contributed by atoms with Crippen LogP contribution in [0.5, 0.6) is 0 Å². The molecular formula is C18H12ClN5O2. The fourth-order valence-corrected chi connectivity index (χ4v) is 2.76. The zero-order valence-electron chi connectivity index (χ0n) is 13.6. The quantitative estimate of drug-likeness (QED) is 0.403. The molecule has 128 valence electrons. The Morgan fingerprint density at radius 1 is 1.04 bits per heavy atom. The summed E-state index contributed by atoms with van der Waals surface area (Å²) >= 11 is 6.12. The van der Waals surface area contributed by atoms with Crippen molar-refractivity contribution in [3.05, 3.63) is 85.5 Å². The molecule has 4 rings (SSSR count). The van der Waals surface area contributed by atoms with E-state index in [-0.39, 0.29) is 17.0 Å². The maximum absolute atomic E-state index is 12.7. The van der Waals surface area contributed by atoms with Gasteiger partial charge in [-0.3, -0.25) is 9.59 Å². The fourth-order valence-electron chi connectivity index (χ4n) is 2.58. The van der Waals surface area contributed by atoms with Crippen molar-refractivity contribution in [2.45, 2.75) is 6.92 Å². The van der Waals surface area contributed by atoms with Crippen molar-refractivity contribution in [1.29, 1.82) is 0 Å². The minimum absolute atomic E-state index is 0.0348. The molecule has 0 aliphatic heterocycles. The van der Waals surface area contributed by atoms with Crippen LogP contribution in [0.1, 0.15) is 11.3 Å². The number of para-hydroxylation sites is 1. The molecule has 0 amide bonds. The van der Waals surface area contributed by atoms with E-state index >= 15 is 0 Å². The van der Waals surface area contributed by atoms with Crippen LogP contribution in [0.15, 0.2) is 63.2 Å². The molecule has 26 heavy (non-hydrogen) atoms. The van der Waals surface area contributed by atoms with Crippen LogP contribution < -0.4 is 11.1 Å². The van der Waals surface area contributed by atoms with Crippen molar-refractivity contribution in [3.8, 4) is 0 Å². The first-order chi connectivity index (χ1) is 12.6. The van der Waals surface area contributed by atoms with Gasteiger partial charge in [-0.05, 0) is 25.1 Å². The standard InChI is InChI=1S/C18H12ClN5O2/c1-11-16(25)23(20-10-12-6-2-4-8-14(12)19)18-21-15-9-5-3-7-13(15)17(26)24(18)22-11/h2-10H,1H3/b20-10+. The average Bonchev–Trinajstić information content (AvgIpc) is 2.65. The first-order valence-electron chi connectivity index (χ1n) is 7.76. The van der Waals surface area contributed by atoms with Crippen molar-refractivity contribution >= 4 is 34.5 Å². The maximum atomic E-state index is 12.7. The van der Waals surface area contributed by atoms with Crippen LogP contribution in [0.3, 0.4) is 0 Å².